The zero-order valence-electron chi connectivity index (χ0n) is 9.37. The highest BCUT2D eigenvalue weighted by atomic mass is 19.4. The number of nitrogens with zero attached hydrogens (tertiary/aromatic N) is 1. The van der Waals surface area contributed by atoms with Crippen molar-refractivity contribution < 1.29 is 18.0 Å². The number of nitrogens with one attached hydrogen (secondary N) is 1. The van der Waals surface area contributed by atoms with Crippen LogP contribution in [0.1, 0.15) is 12.8 Å². The first kappa shape index (κ1) is 11.4. The van der Waals surface area contributed by atoms with Crippen molar-refractivity contribution in [2.75, 3.05) is 10.2 Å². The first-order chi connectivity index (χ1) is 8.49. The minimum absolute atomic E-state index is 0.116. The van der Waals surface area contributed by atoms with Crippen LogP contribution in [0.25, 0.3) is 0 Å². The molecule has 18 heavy (non-hydrogen) atoms. The molecule has 0 aliphatic carbocycles. The van der Waals surface area contributed by atoms with Crippen molar-refractivity contribution in [1.29, 1.82) is 0 Å². The van der Waals surface area contributed by atoms with Gasteiger partial charge in [0.15, 0.2) is 0 Å². The molecule has 0 spiro atoms. The summed E-state index contributed by atoms with van der Waals surface area (Å²) >= 11 is 0. The van der Waals surface area contributed by atoms with E-state index in [-0.39, 0.29) is 12.8 Å². The van der Waals surface area contributed by atoms with Crippen LogP contribution < -0.4 is 10.2 Å². The van der Waals surface area contributed by atoms with Crippen LogP contribution in [0.15, 0.2) is 24.3 Å². The van der Waals surface area contributed by atoms with E-state index in [2.05, 4.69) is 5.32 Å². The summed E-state index contributed by atoms with van der Waals surface area (Å²) < 4.78 is 40.1. The van der Waals surface area contributed by atoms with Crippen molar-refractivity contribution in [1.82, 2.24) is 0 Å². The molecule has 1 saturated heterocycles. The number of rotatable bonds is 1. The van der Waals surface area contributed by atoms with Gasteiger partial charge in [0.1, 0.15) is 6.29 Å². The van der Waals surface area contributed by atoms with Gasteiger partial charge in [0.25, 0.3) is 0 Å². The Morgan fingerprint density at radius 2 is 2.11 bits per heavy atom. The maximum Gasteiger partial charge on any atom is 0.430 e. The standard InChI is InChI=1S/C12H11F3N2O/c13-12(14,15)11-6-5-8(7-18)17(11)10-4-2-1-3-9(10)16-11/h1-4,7-8,16H,5-6H2. The Morgan fingerprint density at radius 1 is 1.39 bits per heavy atom. The summed E-state index contributed by atoms with van der Waals surface area (Å²) in [5.74, 6) is 0. The van der Waals surface area contributed by atoms with Gasteiger partial charge in [-0.1, -0.05) is 12.1 Å². The predicted molar refractivity (Wildman–Crippen MR) is 60.4 cm³/mol. The first-order valence-corrected chi connectivity index (χ1v) is 5.68. The molecule has 0 bridgehead atoms. The summed E-state index contributed by atoms with van der Waals surface area (Å²) in [5, 5.41) is 2.56. The number of benzene rings is 1. The van der Waals surface area contributed by atoms with Crippen LogP contribution in [0.3, 0.4) is 0 Å². The van der Waals surface area contributed by atoms with Crippen LogP contribution in [-0.4, -0.2) is 24.2 Å². The van der Waals surface area contributed by atoms with Crippen molar-refractivity contribution in [2.45, 2.75) is 30.7 Å². The summed E-state index contributed by atoms with van der Waals surface area (Å²) in [6.45, 7) is 0. The highest BCUT2D eigenvalue weighted by Crippen LogP contribution is 2.54. The number of aldehydes is 1. The summed E-state index contributed by atoms with van der Waals surface area (Å²) in [6.07, 6.45) is -3.74. The lowest BCUT2D eigenvalue weighted by atomic mass is 10.1. The maximum atomic E-state index is 13.4. The van der Waals surface area contributed by atoms with Crippen LogP contribution in [0.2, 0.25) is 0 Å². The van der Waals surface area contributed by atoms with Gasteiger partial charge in [0.2, 0.25) is 5.66 Å². The third-order valence-electron chi connectivity index (χ3n) is 3.68. The predicted octanol–water partition coefficient (Wildman–Crippen LogP) is 2.54. The monoisotopic (exact) mass is 256 g/mol. The van der Waals surface area contributed by atoms with E-state index in [1.807, 2.05) is 0 Å². The van der Waals surface area contributed by atoms with E-state index in [4.69, 9.17) is 0 Å². The maximum absolute atomic E-state index is 13.4. The van der Waals surface area contributed by atoms with Crippen molar-refractivity contribution >= 4 is 17.7 Å². The van der Waals surface area contributed by atoms with Gasteiger partial charge in [-0.25, -0.2) is 0 Å². The van der Waals surface area contributed by atoms with Gasteiger partial charge in [-0.05, 0) is 18.6 Å². The molecule has 1 N–H and O–H groups in total. The fourth-order valence-corrected chi connectivity index (χ4v) is 2.89. The van der Waals surface area contributed by atoms with E-state index in [0.29, 0.717) is 17.7 Å². The number of alkyl halides is 3. The fourth-order valence-electron chi connectivity index (χ4n) is 2.89. The summed E-state index contributed by atoms with van der Waals surface area (Å²) in [7, 11) is 0. The van der Waals surface area contributed by atoms with Crippen LogP contribution in [0, 0.1) is 0 Å². The summed E-state index contributed by atoms with van der Waals surface area (Å²) in [6, 6.07) is 5.84. The SMILES string of the molecule is O=CC1CCC2(C(F)(F)F)Nc3ccccc3N12. The topological polar surface area (TPSA) is 32.3 Å². The van der Waals surface area contributed by atoms with E-state index in [1.165, 1.54) is 4.90 Å². The van der Waals surface area contributed by atoms with Crippen LogP contribution in [0.4, 0.5) is 24.5 Å². The number of para-hydroxylation sites is 2. The number of hydrogen-bond acceptors (Lipinski definition) is 3. The quantitative estimate of drug-likeness (QED) is 0.784. The molecule has 2 aliphatic heterocycles. The van der Waals surface area contributed by atoms with E-state index in [1.54, 1.807) is 24.3 Å². The van der Waals surface area contributed by atoms with Gasteiger partial charge in [-0.3, -0.25) is 0 Å². The smallest absolute Gasteiger partial charge is 0.354 e. The minimum atomic E-state index is -4.43. The molecule has 0 radical (unpaired) electrons. The van der Waals surface area contributed by atoms with Crippen molar-refractivity contribution in [3.8, 4) is 0 Å². The fraction of sp³-hybridized carbons (Fsp3) is 0.417. The number of fused-ring (bicyclic) bond motifs is 3. The van der Waals surface area contributed by atoms with E-state index in [9.17, 15) is 18.0 Å². The molecule has 1 fully saturated rings. The Balaban J connectivity index is 2.16. The zero-order chi connectivity index (χ0) is 13.0. The lowest BCUT2D eigenvalue weighted by Gasteiger charge is -2.36. The molecule has 2 heterocycles. The molecule has 96 valence electrons. The Morgan fingerprint density at radius 3 is 2.78 bits per heavy atom. The molecule has 6 heteroatoms. The minimum Gasteiger partial charge on any atom is -0.354 e. The molecule has 2 atom stereocenters. The molecule has 1 aromatic carbocycles. The second kappa shape index (κ2) is 3.40. The Kier molecular flexibility index (Phi) is 2.15. The van der Waals surface area contributed by atoms with E-state index in [0.717, 1.165) is 0 Å². The van der Waals surface area contributed by atoms with Gasteiger partial charge < -0.3 is 15.0 Å². The highest BCUT2D eigenvalue weighted by Gasteiger charge is 2.66. The van der Waals surface area contributed by atoms with Gasteiger partial charge in [-0.15, -0.1) is 0 Å². The Bertz CT molecular complexity index is 502. The van der Waals surface area contributed by atoms with Crippen molar-refractivity contribution in [2.24, 2.45) is 0 Å². The van der Waals surface area contributed by atoms with Crippen LogP contribution >= 0.6 is 0 Å². The summed E-state index contributed by atoms with van der Waals surface area (Å²) in [4.78, 5) is 12.2. The average Bonchev–Trinajstić information content (AvgIpc) is 2.82. The summed E-state index contributed by atoms with van der Waals surface area (Å²) in [5.41, 5.74) is -1.24. The van der Waals surface area contributed by atoms with Gasteiger partial charge in [0.05, 0.1) is 17.4 Å². The molecule has 1 aromatic rings. The molecular formula is C12H11F3N2O. The molecule has 2 aliphatic rings. The number of hydrogen-bond donors (Lipinski definition) is 1. The van der Waals surface area contributed by atoms with Crippen LogP contribution in [0.5, 0.6) is 0 Å². The Hall–Kier alpha value is -1.72. The van der Waals surface area contributed by atoms with Crippen molar-refractivity contribution in [3.05, 3.63) is 24.3 Å². The van der Waals surface area contributed by atoms with Gasteiger partial charge >= 0.3 is 6.18 Å². The third kappa shape index (κ3) is 1.23. The molecule has 3 rings (SSSR count). The molecule has 0 saturated carbocycles. The van der Waals surface area contributed by atoms with Gasteiger partial charge in [0, 0.05) is 6.42 Å². The lowest BCUT2D eigenvalue weighted by Crippen LogP contribution is -2.59. The third-order valence-corrected chi connectivity index (χ3v) is 3.68. The molecule has 3 nitrogen and oxygen atoms in total. The number of carbonyl (C=O) groups excluding carboxylic acids is 1. The van der Waals surface area contributed by atoms with Gasteiger partial charge in [-0.2, -0.15) is 13.2 Å². The van der Waals surface area contributed by atoms with E-state index < -0.39 is 17.9 Å². The zero-order valence-corrected chi connectivity index (χ0v) is 9.37. The average molecular weight is 256 g/mol. The molecular weight excluding hydrogens is 245 g/mol. The van der Waals surface area contributed by atoms with E-state index >= 15 is 0 Å². The molecule has 0 aromatic heterocycles. The number of carbonyl (C=O) groups is 1. The molecule has 0 amide bonds. The number of anilines is 2. The Labute approximate surface area is 102 Å². The second-order valence-corrected chi connectivity index (χ2v) is 4.61. The highest BCUT2D eigenvalue weighted by molar-refractivity contribution is 5.84. The normalized spacial score (nSPS) is 29.7. The largest absolute Gasteiger partial charge is 0.430 e. The second-order valence-electron chi connectivity index (χ2n) is 4.61. The molecule has 2 unspecified atom stereocenters. The first-order valence-electron chi connectivity index (χ1n) is 5.68. The lowest BCUT2D eigenvalue weighted by molar-refractivity contribution is -0.174. The van der Waals surface area contributed by atoms with Crippen LogP contribution in [-0.2, 0) is 4.79 Å². The van der Waals surface area contributed by atoms with Crippen molar-refractivity contribution in [3.63, 3.8) is 0 Å². The number of halogens is 3.